The zero-order chi connectivity index (χ0) is 12.5. The average molecular weight is 324 g/mol. The van der Waals surface area contributed by atoms with Gasteiger partial charge in [0.15, 0.2) is 5.82 Å². The molecule has 0 spiro atoms. The topological polar surface area (TPSA) is 54.9 Å². The Bertz CT molecular complexity index is 572. The molecule has 0 aliphatic heterocycles. The minimum Gasteiger partial charge on any atom is -0.305 e. The van der Waals surface area contributed by atoms with Crippen molar-refractivity contribution in [3.05, 3.63) is 38.4 Å². The van der Waals surface area contributed by atoms with Gasteiger partial charge in [0.1, 0.15) is 4.60 Å². The summed E-state index contributed by atoms with van der Waals surface area (Å²) in [6.45, 7) is 0. The number of hydrogen-bond donors (Lipinski definition) is 1. The molecular weight excluding hydrogens is 314 g/mol. The largest absolute Gasteiger partial charge is 0.305 e. The first-order valence-corrected chi connectivity index (χ1v) is 7.24. The molecule has 0 unspecified atom stereocenters. The first-order valence-electron chi connectivity index (χ1n) is 5.63. The van der Waals surface area contributed by atoms with Crippen LogP contribution in [0.4, 0.5) is 5.82 Å². The van der Waals surface area contributed by atoms with E-state index in [1.165, 1.54) is 23.1 Å². The van der Waals surface area contributed by atoms with E-state index in [0.29, 0.717) is 10.4 Å². The smallest absolute Gasteiger partial charge is 0.266 e. The number of amides is 1. The number of aryl methyl sites for hydroxylation is 2. The number of halogens is 1. The van der Waals surface area contributed by atoms with Gasteiger partial charge in [0.05, 0.1) is 17.3 Å². The molecule has 0 aromatic carbocycles. The zero-order valence-electron chi connectivity index (χ0n) is 9.44. The van der Waals surface area contributed by atoms with Crippen LogP contribution < -0.4 is 5.32 Å². The van der Waals surface area contributed by atoms with E-state index in [9.17, 15) is 4.79 Å². The maximum absolute atomic E-state index is 12.0. The van der Waals surface area contributed by atoms with Crippen LogP contribution in [0, 0.1) is 0 Å². The predicted molar refractivity (Wildman–Crippen MR) is 74.0 cm³/mol. The first kappa shape index (κ1) is 11.8. The van der Waals surface area contributed by atoms with Crippen LogP contribution in [0.5, 0.6) is 0 Å². The normalized spacial score (nSPS) is 13.4. The molecule has 0 bridgehead atoms. The molecule has 0 saturated heterocycles. The minimum atomic E-state index is -0.106. The second-order valence-electron chi connectivity index (χ2n) is 4.09. The van der Waals surface area contributed by atoms with Crippen molar-refractivity contribution >= 4 is 39.0 Å². The standard InChI is InChI=1S/C12H10BrN3OS/c13-10-5-15-11(6-14-10)16-12(17)9-4-7-2-1-3-8(7)18-9/h4-6H,1-3H2,(H,15,16,17). The Balaban J connectivity index is 1.76. The Morgan fingerprint density at radius 3 is 2.94 bits per heavy atom. The highest BCUT2D eigenvalue weighted by Crippen LogP contribution is 2.30. The van der Waals surface area contributed by atoms with Crippen molar-refractivity contribution in [2.75, 3.05) is 5.32 Å². The monoisotopic (exact) mass is 323 g/mol. The number of carbonyl (C=O) groups is 1. The summed E-state index contributed by atoms with van der Waals surface area (Å²) in [5.41, 5.74) is 1.33. The third-order valence-corrected chi connectivity index (χ3v) is 4.48. The summed E-state index contributed by atoms with van der Waals surface area (Å²) >= 11 is 4.79. The van der Waals surface area contributed by atoms with Crippen molar-refractivity contribution in [3.8, 4) is 0 Å². The van der Waals surface area contributed by atoms with Crippen LogP contribution in [-0.4, -0.2) is 15.9 Å². The lowest BCUT2D eigenvalue weighted by Gasteiger charge is -2.01. The number of rotatable bonds is 2. The van der Waals surface area contributed by atoms with Crippen molar-refractivity contribution in [1.82, 2.24) is 9.97 Å². The number of nitrogens with one attached hydrogen (secondary N) is 1. The van der Waals surface area contributed by atoms with Crippen LogP contribution in [0.3, 0.4) is 0 Å². The van der Waals surface area contributed by atoms with Crippen LogP contribution >= 0.6 is 27.3 Å². The molecule has 2 aromatic rings. The number of aromatic nitrogens is 2. The molecule has 2 heterocycles. The average Bonchev–Trinajstić information content (AvgIpc) is 2.92. The fourth-order valence-corrected chi connectivity index (χ4v) is 3.35. The quantitative estimate of drug-likeness (QED) is 0.924. The molecule has 0 fully saturated rings. The molecule has 1 N–H and O–H groups in total. The number of thiophene rings is 1. The number of fused-ring (bicyclic) bond motifs is 1. The Kier molecular flexibility index (Phi) is 3.13. The van der Waals surface area contributed by atoms with E-state index in [4.69, 9.17) is 0 Å². The SMILES string of the molecule is O=C(Nc1cnc(Br)cn1)c1cc2c(s1)CCC2. The van der Waals surface area contributed by atoms with Crippen molar-refractivity contribution < 1.29 is 4.79 Å². The highest BCUT2D eigenvalue weighted by molar-refractivity contribution is 9.10. The van der Waals surface area contributed by atoms with Gasteiger partial charge in [-0.1, -0.05) is 0 Å². The van der Waals surface area contributed by atoms with E-state index < -0.39 is 0 Å². The second-order valence-corrected chi connectivity index (χ2v) is 6.04. The molecule has 1 aliphatic rings. The Hall–Kier alpha value is -1.27. The molecule has 0 radical (unpaired) electrons. The molecule has 92 valence electrons. The number of anilines is 1. The molecule has 0 atom stereocenters. The van der Waals surface area contributed by atoms with Crippen molar-refractivity contribution in [2.24, 2.45) is 0 Å². The fraction of sp³-hybridized carbons (Fsp3) is 0.250. The van der Waals surface area contributed by atoms with E-state index in [1.54, 1.807) is 17.5 Å². The lowest BCUT2D eigenvalue weighted by molar-refractivity contribution is 0.103. The molecule has 4 nitrogen and oxygen atoms in total. The van der Waals surface area contributed by atoms with Gasteiger partial charge in [0, 0.05) is 4.88 Å². The van der Waals surface area contributed by atoms with Crippen LogP contribution in [-0.2, 0) is 12.8 Å². The number of carbonyl (C=O) groups excluding carboxylic acids is 1. The van der Waals surface area contributed by atoms with Gasteiger partial charge in [-0.05, 0) is 46.8 Å². The van der Waals surface area contributed by atoms with Gasteiger partial charge >= 0.3 is 0 Å². The van der Waals surface area contributed by atoms with Crippen LogP contribution in [0.15, 0.2) is 23.1 Å². The van der Waals surface area contributed by atoms with Gasteiger partial charge in [0.25, 0.3) is 5.91 Å². The Labute approximate surface area is 117 Å². The van der Waals surface area contributed by atoms with E-state index in [-0.39, 0.29) is 5.91 Å². The molecular formula is C12H10BrN3OS. The maximum atomic E-state index is 12.0. The summed E-state index contributed by atoms with van der Waals surface area (Å²) in [5.74, 6) is 0.364. The van der Waals surface area contributed by atoms with E-state index in [0.717, 1.165) is 17.7 Å². The lowest BCUT2D eigenvalue weighted by atomic mass is 10.2. The minimum absolute atomic E-state index is 0.106. The van der Waals surface area contributed by atoms with Crippen LogP contribution in [0.1, 0.15) is 26.5 Å². The second kappa shape index (κ2) is 4.78. The van der Waals surface area contributed by atoms with E-state index in [2.05, 4.69) is 31.2 Å². The summed E-state index contributed by atoms with van der Waals surface area (Å²) in [7, 11) is 0. The van der Waals surface area contributed by atoms with Gasteiger partial charge < -0.3 is 5.32 Å². The van der Waals surface area contributed by atoms with Gasteiger partial charge in [-0.15, -0.1) is 11.3 Å². The molecule has 3 rings (SSSR count). The molecule has 18 heavy (non-hydrogen) atoms. The summed E-state index contributed by atoms with van der Waals surface area (Å²) in [4.78, 5) is 22.2. The Morgan fingerprint density at radius 2 is 2.22 bits per heavy atom. The molecule has 2 aromatic heterocycles. The highest BCUT2D eigenvalue weighted by Gasteiger charge is 2.18. The van der Waals surface area contributed by atoms with Crippen LogP contribution in [0.25, 0.3) is 0 Å². The van der Waals surface area contributed by atoms with Gasteiger partial charge in [0.2, 0.25) is 0 Å². The molecule has 6 heteroatoms. The molecule has 1 aliphatic carbocycles. The number of nitrogens with zero attached hydrogens (tertiary/aromatic N) is 2. The lowest BCUT2D eigenvalue weighted by Crippen LogP contribution is -2.11. The zero-order valence-corrected chi connectivity index (χ0v) is 11.8. The van der Waals surface area contributed by atoms with Gasteiger partial charge in [-0.2, -0.15) is 0 Å². The summed E-state index contributed by atoms with van der Waals surface area (Å²) in [5, 5.41) is 2.75. The maximum Gasteiger partial charge on any atom is 0.266 e. The van der Waals surface area contributed by atoms with Crippen molar-refractivity contribution in [3.63, 3.8) is 0 Å². The third-order valence-electron chi connectivity index (χ3n) is 2.83. The van der Waals surface area contributed by atoms with Gasteiger partial charge in [-0.25, -0.2) is 9.97 Å². The highest BCUT2D eigenvalue weighted by atomic mass is 79.9. The predicted octanol–water partition coefficient (Wildman–Crippen LogP) is 3.04. The van der Waals surface area contributed by atoms with Crippen LogP contribution in [0.2, 0.25) is 0 Å². The van der Waals surface area contributed by atoms with Crippen molar-refractivity contribution in [2.45, 2.75) is 19.3 Å². The van der Waals surface area contributed by atoms with E-state index in [1.807, 2.05) is 6.07 Å². The van der Waals surface area contributed by atoms with Gasteiger partial charge in [-0.3, -0.25) is 4.79 Å². The van der Waals surface area contributed by atoms with Crippen molar-refractivity contribution in [1.29, 1.82) is 0 Å². The number of hydrogen-bond acceptors (Lipinski definition) is 4. The third kappa shape index (κ3) is 2.30. The van der Waals surface area contributed by atoms with E-state index >= 15 is 0 Å². The summed E-state index contributed by atoms with van der Waals surface area (Å²) < 4.78 is 0.649. The first-order chi connectivity index (χ1) is 8.72. The fourth-order valence-electron chi connectivity index (χ4n) is 2.00. The summed E-state index contributed by atoms with van der Waals surface area (Å²) in [6, 6.07) is 1.99. The Morgan fingerprint density at radius 1 is 1.33 bits per heavy atom. The molecule has 0 saturated carbocycles. The molecule has 1 amide bonds. The summed E-state index contributed by atoms with van der Waals surface area (Å²) in [6.07, 6.45) is 6.50.